The number of hydrogen-bond acceptors (Lipinski definition) is 4. The van der Waals surface area contributed by atoms with E-state index < -0.39 is 54.1 Å². The summed E-state index contributed by atoms with van der Waals surface area (Å²) in [5.74, 6) is -3.10. The van der Waals surface area contributed by atoms with Crippen molar-refractivity contribution in [1.82, 2.24) is 0 Å². The summed E-state index contributed by atoms with van der Waals surface area (Å²) >= 11 is 0. The van der Waals surface area contributed by atoms with E-state index in [0.29, 0.717) is 6.42 Å². The van der Waals surface area contributed by atoms with Crippen LogP contribution in [0.5, 0.6) is 0 Å². The van der Waals surface area contributed by atoms with E-state index in [1.807, 2.05) is 6.92 Å². The predicted molar refractivity (Wildman–Crippen MR) is 96.4 cm³/mol. The number of rotatable bonds is 3. The lowest BCUT2D eigenvalue weighted by molar-refractivity contribution is -0.373. The van der Waals surface area contributed by atoms with Crippen molar-refractivity contribution in [2.24, 2.45) is 65.1 Å². The summed E-state index contributed by atoms with van der Waals surface area (Å²) in [5.41, 5.74) is -4.72. The van der Waals surface area contributed by atoms with Gasteiger partial charge in [0, 0.05) is 0 Å². The van der Waals surface area contributed by atoms with E-state index in [-0.39, 0.29) is 53.8 Å². The molecular weight excluding hydrogens is 442 g/mol. The molecule has 1 aliphatic heterocycles. The van der Waals surface area contributed by atoms with Crippen LogP contribution in [0.25, 0.3) is 0 Å². The molecule has 10 heteroatoms. The number of carbonyl (C=O) groups is 2. The van der Waals surface area contributed by atoms with Crippen molar-refractivity contribution in [3.05, 3.63) is 0 Å². The van der Waals surface area contributed by atoms with Gasteiger partial charge in [0.15, 0.2) is 0 Å². The molecule has 1 saturated heterocycles. The van der Waals surface area contributed by atoms with Crippen LogP contribution < -0.4 is 0 Å². The number of ether oxygens (including phenoxy) is 1. The second-order valence-corrected chi connectivity index (χ2v) is 10.9. The first-order valence-electron chi connectivity index (χ1n) is 11.3. The molecule has 4 saturated carbocycles. The highest BCUT2D eigenvalue weighted by Gasteiger charge is 2.74. The van der Waals surface area contributed by atoms with Crippen molar-refractivity contribution < 1.29 is 45.8 Å². The van der Waals surface area contributed by atoms with Crippen LogP contribution in [0, 0.1) is 65.1 Å². The fourth-order valence-electron chi connectivity index (χ4n) is 8.81. The molecule has 0 spiro atoms. The molecule has 4 bridgehead atoms. The smallest absolute Gasteiger partial charge is 0.393 e. The molecule has 180 valence electrons. The van der Waals surface area contributed by atoms with Gasteiger partial charge >= 0.3 is 24.3 Å². The van der Waals surface area contributed by atoms with Gasteiger partial charge in [-0.05, 0) is 78.9 Å². The number of carbonyl (C=O) groups excluding carboxylic acids is 2. The largest absolute Gasteiger partial charge is 0.426 e. The molecule has 5 aliphatic rings. The molecule has 4 aliphatic carbocycles. The van der Waals surface area contributed by atoms with Crippen molar-refractivity contribution in [3.8, 4) is 0 Å². The molecule has 1 heterocycles. The van der Waals surface area contributed by atoms with Crippen LogP contribution in [0.15, 0.2) is 0 Å². The van der Waals surface area contributed by atoms with Gasteiger partial charge in [-0.3, -0.25) is 9.59 Å². The average molecular weight is 468 g/mol. The summed E-state index contributed by atoms with van der Waals surface area (Å²) in [6.45, 7) is 3.69. The van der Waals surface area contributed by atoms with E-state index in [9.17, 15) is 41.0 Å². The molecule has 0 amide bonds. The Morgan fingerprint density at radius 2 is 1.47 bits per heavy atom. The molecular formula is C22H26F6O4. The SMILES string of the molecule is CC1C(=O)OC(=O)C1C1C(C)C2CC1C1C3CC(CC3CC(O)(C(F)(F)F)C(F)(F)F)C21. The van der Waals surface area contributed by atoms with Gasteiger partial charge in [-0.1, -0.05) is 13.8 Å². The third kappa shape index (κ3) is 2.73. The molecule has 5 rings (SSSR count). The Morgan fingerprint density at radius 1 is 0.844 bits per heavy atom. The maximum absolute atomic E-state index is 13.3. The predicted octanol–water partition coefficient (Wildman–Crippen LogP) is 4.36. The van der Waals surface area contributed by atoms with Crippen LogP contribution >= 0.6 is 0 Å². The highest BCUT2D eigenvalue weighted by Crippen LogP contribution is 2.73. The second-order valence-electron chi connectivity index (χ2n) is 10.9. The fourth-order valence-corrected chi connectivity index (χ4v) is 8.81. The van der Waals surface area contributed by atoms with E-state index in [2.05, 4.69) is 0 Å². The Labute approximate surface area is 181 Å². The van der Waals surface area contributed by atoms with E-state index in [0.717, 1.165) is 6.42 Å². The summed E-state index contributed by atoms with van der Waals surface area (Å²) in [6.07, 6.45) is -11.4. The van der Waals surface area contributed by atoms with Gasteiger partial charge in [0.05, 0.1) is 11.8 Å². The lowest BCUT2D eigenvalue weighted by atomic mass is 9.57. The molecule has 5 fully saturated rings. The van der Waals surface area contributed by atoms with Crippen molar-refractivity contribution >= 4 is 11.9 Å². The normalized spacial score (nSPS) is 48.0. The highest BCUT2D eigenvalue weighted by molar-refractivity contribution is 5.96. The standard InChI is InChI=1S/C22H26F6O4/c1-7-11-5-13(14(7)15-8(2)18(29)32-19(15)30)17-12-4-9(16(11)17)3-10(12)6-20(31,21(23,24)25)22(26,27)28/h7-17,31H,3-6H2,1-2H3. The van der Waals surface area contributed by atoms with Crippen LogP contribution in [-0.2, 0) is 14.3 Å². The van der Waals surface area contributed by atoms with Gasteiger partial charge in [0.25, 0.3) is 5.60 Å². The fraction of sp³-hybridized carbons (Fsp3) is 0.909. The van der Waals surface area contributed by atoms with Gasteiger partial charge in [0.1, 0.15) is 0 Å². The number of alkyl halides is 6. The Bertz CT molecular complexity index is 823. The number of fused-ring (bicyclic) bond motifs is 9. The maximum Gasteiger partial charge on any atom is 0.426 e. The number of hydrogen-bond donors (Lipinski definition) is 1. The molecule has 0 radical (unpaired) electrons. The second kappa shape index (κ2) is 6.63. The molecule has 0 aromatic carbocycles. The molecule has 32 heavy (non-hydrogen) atoms. The van der Waals surface area contributed by atoms with E-state index in [1.54, 1.807) is 6.92 Å². The summed E-state index contributed by atoms with van der Waals surface area (Å²) in [5, 5.41) is 9.76. The van der Waals surface area contributed by atoms with Gasteiger partial charge in [-0.15, -0.1) is 0 Å². The Balaban J connectivity index is 1.41. The van der Waals surface area contributed by atoms with Gasteiger partial charge < -0.3 is 9.84 Å². The van der Waals surface area contributed by atoms with E-state index in [1.165, 1.54) is 0 Å². The molecule has 4 nitrogen and oxygen atoms in total. The minimum Gasteiger partial charge on any atom is -0.393 e. The minimum absolute atomic E-state index is 0.0198. The Morgan fingerprint density at radius 3 is 2.00 bits per heavy atom. The summed E-state index contributed by atoms with van der Waals surface area (Å²) < 4.78 is 84.6. The van der Waals surface area contributed by atoms with Gasteiger partial charge in [-0.2, -0.15) is 26.3 Å². The molecule has 11 unspecified atom stereocenters. The van der Waals surface area contributed by atoms with Crippen molar-refractivity contribution in [2.75, 3.05) is 0 Å². The number of esters is 2. The summed E-state index contributed by atoms with van der Waals surface area (Å²) in [7, 11) is 0. The van der Waals surface area contributed by atoms with E-state index in [4.69, 9.17) is 4.74 Å². The lowest BCUT2D eigenvalue weighted by Gasteiger charge is -2.47. The number of halogens is 6. The average Bonchev–Trinajstić information content (AvgIpc) is 3.41. The highest BCUT2D eigenvalue weighted by atomic mass is 19.4. The first-order valence-corrected chi connectivity index (χ1v) is 11.3. The van der Waals surface area contributed by atoms with Gasteiger partial charge in [-0.25, -0.2) is 0 Å². The third-order valence-corrected chi connectivity index (χ3v) is 9.87. The molecule has 11 atom stereocenters. The zero-order chi connectivity index (χ0) is 23.5. The quantitative estimate of drug-likeness (QED) is 0.289. The van der Waals surface area contributed by atoms with Crippen molar-refractivity contribution in [2.45, 2.75) is 57.5 Å². The lowest BCUT2D eigenvalue weighted by Crippen LogP contribution is -2.58. The van der Waals surface area contributed by atoms with Crippen LogP contribution in [0.1, 0.15) is 39.5 Å². The minimum atomic E-state index is -5.80. The molecule has 0 aromatic heterocycles. The maximum atomic E-state index is 13.3. The molecule has 1 N–H and O–H groups in total. The van der Waals surface area contributed by atoms with Crippen LogP contribution in [0.4, 0.5) is 26.3 Å². The number of aliphatic hydroxyl groups is 1. The van der Waals surface area contributed by atoms with Crippen molar-refractivity contribution in [1.29, 1.82) is 0 Å². The zero-order valence-electron chi connectivity index (χ0n) is 17.6. The zero-order valence-corrected chi connectivity index (χ0v) is 17.6. The van der Waals surface area contributed by atoms with Crippen LogP contribution in [0.2, 0.25) is 0 Å². The number of cyclic esters (lactones) is 2. The van der Waals surface area contributed by atoms with E-state index >= 15 is 0 Å². The first kappa shape index (κ1) is 22.5. The third-order valence-electron chi connectivity index (χ3n) is 9.87. The topological polar surface area (TPSA) is 63.6 Å². The monoisotopic (exact) mass is 468 g/mol. The Hall–Kier alpha value is -1.32. The Kier molecular flexibility index (Phi) is 4.66. The van der Waals surface area contributed by atoms with Crippen LogP contribution in [-0.4, -0.2) is 35.0 Å². The molecule has 0 aromatic rings. The summed E-state index contributed by atoms with van der Waals surface area (Å²) in [4.78, 5) is 24.3. The van der Waals surface area contributed by atoms with Crippen molar-refractivity contribution in [3.63, 3.8) is 0 Å². The van der Waals surface area contributed by atoms with Crippen LogP contribution in [0.3, 0.4) is 0 Å². The first-order chi connectivity index (χ1) is 14.7. The van der Waals surface area contributed by atoms with Gasteiger partial charge in [0.2, 0.25) is 0 Å². The summed E-state index contributed by atoms with van der Waals surface area (Å²) in [6, 6.07) is 0.